The largest absolute Gasteiger partial charge is 0.410 e. The van der Waals surface area contributed by atoms with Gasteiger partial charge in [-0.25, -0.2) is 4.68 Å². The molecule has 2 atom stereocenters. The smallest absolute Gasteiger partial charge is 0.363 e. The summed E-state index contributed by atoms with van der Waals surface area (Å²) < 4.78 is 42.2. The number of aromatic nitrogens is 2. The third-order valence-corrected chi connectivity index (χ3v) is 5.59. The van der Waals surface area contributed by atoms with Crippen molar-refractivity contribution < 1.29 is 18.0 Å². The van der Waals surface area contributed by atoms with Gasteiger partial charge in [0.25, 0.3) is 5.91 Å². The quantitative estimate of drug-likeness (QED) is 0.820. The lowest BCUT2D eigenvalue weighted by Crippen LogP contribution is -2.38. The van der Waals surface area contributed by atoms with Crippen molar-refractivity contribution in [3.8, 4) is 0 Å². The van der Waals surface area contributed by atoms with Crippen LogP contribution in [-0.4, -0.2) is 39.9 Å². The first-order chi connectivity index (χ1) is 13.3. The number of fused-ring (bicyclic) bond motifs is 1. The standard InChI is InChI=1S/C20H23F3N4O/c1-13-5-7-14(8-6-13)16-11-17(20(21,22)23)27-18(25-16)15(12-24-27)19(28)26-9-3-2-4-10-26/h5-8,12,16-17,25H,2-4,9-11H2,1H3/t16-,17-/m0/s1. The van der Waals surface area contributed by atoms with E-state index < -0.39 is 18.3 Å². The van der Waals surface area contributed by atoms with E-state index in [2.05, 4.69) is 10.4 Å². The van der Waals surface area contributed by atoms with Gasteiger partial charge in [-0.05, 0) is 31.7 Å². The number of piperidine rings is 1. The molecular formula is C20H23F3N4O. The Morgan fingerprint density at radius 3 is 2.46 bits per heavy atom. The molecule has 8 heteroatoms. The Morgan fingerprint density at radius 1 is 1.14 bits per heavy atom. The lowest BCUT2D eigenvalue weighted by Gasteiger charge is -2.34. The summed E-state index contributed by atoms with van der Waals surface area (Å²) in [5, 5.41) is 7.11. The summed E-state index contributed by atoms with van der Waals surface area (Å²) in [6.45, 7) is 3.20. The highest BCUT2D eigenvalue weighted by molar-refractivity contribution is 5.99. The molecule has 0 spiro atoms. The van der Waals surface area contributed by atoms with E-state index >= 15 is 0 Å². The van der Waals surface area contributed by atoms with Gasteiger partial charge in [0.05, 0.1) is 12.2 Å². The van der Waals surface area contributed by atoms with Gasteiger partial charge in [-0.3, -0.25) is 4.79 Å². The highest BCUT2D eigenvalue weighted by atomic mass is 19.4. The van der Waals surface area contributed by atoms with Crippen LogP contribution in [0.1, 0.15) is 59.3 Å². The van der Waals surface area contributed by atoms with Gasteiger partial charge in [0.1, 0.15) is 11.4 Å². The molecule has 1 saturated heterocycles. The van der Waals surface area contributed by atoms with Gasteiger partial charge in [-0.2, -0.15) is 18.3 Å². The maximum absolute atomic E-state index is 13.8. The summed E-state index contributed by atoms with van der Waals surface area (Å²) >= 11 is 0. The molecule has 0 aliphatic carbocycles. The molecule has 0 bridgehead atoms. The number of alkyl halides is 3. The summed E-state index contributed by atoms with van der Waals surface area (Å²) in [7, 11) is 0. The molecule has 2 aliphatic heterocycles. The van der Waals surface area contributed by atoms with Gasteiger partial charge in [0.15, 0.2) is 6.04 Å². The Bertz CT molecular complexity index is 853. The summed E-state index contributed by atoms with van der Waals surface area (Å²) in [5.41, 5.74) is 2.02. The average molecular weight is 392 g/mol. The second kappa shape index (κ2) is 7.14. The van der Waals surface area contributed by atoms with Crippen molar-refractivity contribution in [3.05, 3.63) is 47.2 Å². The number of amides is 1. The fourth-order valence-corrected chi connectivity index (χ4v) is 4.00. The van der Waals surface area contributed by atoms with Crippen LogP contribution in [-0.2, 0) is 0 Å². The number of benzene rings is 1. The van der Waals surface area contributed by atoms with Crippen molar-refractivity contribution in [2.75, 3.05) is 18.4 Å². The van der Waals surface area contributed by atoms with E-state index in [-0.39, 0.29) is 23.7 Å². The zero-order valence-corrected chi connectivity index (χ0v) is 15.7. The topological polar surface area (TPSA) is 50.2 Å². The first-order valence-electron chi connectivity index (χ1n) is 9.61. The Labute approximate surface area is 161 Å². The number of aryl methyl sites for hydroxylation is 1. The van der Waals surface area contributed by atoms with Crippen molar-refractivity contribution in [3.63, 3.8) is 0 Å². The van der Waals surface area contributed by atoms with E-state index in [9.17, 15) is 18.0 Å². The normalized spacial score (nSPS) is 22.5. The number of anilines is 1. The highest BCUT2D eigenvalue weighted by Crippen LogP contribution is 2.44. The van der Waals surface area contributed by atoms with Crippen LogP contribution in [0.25, 0.3) is 0 Å². The third-order valence-electron chi connectivity index (χ3n) is 5.59. The fourth-order valence-electron chi connectivity index (χ4n) is 4.00. The minimum Gasteiger partial charge on any atom is -0.363 e. The van der Waals surface area contributed by atoms with E-state index in [1.165, 1.54) is 6.20 Å². The van der Waals surface area contributed by atoms with Crippen LogP contribution in [0.4, 0.5) is 19.0 Å². The number of rotatable bonds is 2. The van der Waals surface area contributed by atoms with Gasteiger partial charge >= 0.3 is 6.18 Å². The Morgan fingerprint density at radius 2 is 1.82 bits per heavy atom. The summed E-state index contributed by atoms with van der Waals surface area (Å²) in [5.74, 6) is -0.0892. The molecule has 4 rings (SSSR count). The molecule has 0 saturated carbocycles. The molecule has 1 fully saturated rings. The summed E-state index contributed by atoms with van der Waals surface area (Å²) in [6, 6.07) is 5.12. The van der Waals surface area contributed by atoms with Gasteiger partial charge in [0.2, 0.25) is 0 Å². The number of likely N-dealkylation sites (tertiary alicyclic amines) is 1. The first-order valence-corrected chi connectivity index (χ1v) is 9.61. The van der Waals surface area contributed by atoms with Crippen molar-refractivity contribution >= 4 is 11.7 Å². The Hall–Kier alpha value is -2.51. The second-order valence-corrected chi connectivity index (χ2v) is 7.61. The molecule has 28 heavy (non-hydrogen) atoms. The van der Waals surface area contributed by atoms with E-state index in [1.54, 1.807) is 4.90 Å². The molecule has 0 unspecified atom stereocenters. The maximum atomic E-state index is 13.8. The van der Waals surface area contributed by atoms with E-state index in [1.807, 2.05) is 31.2 Å². The lowest BCUT2D eigenvalue weighted by atomic mass is 9.96. The molecule has 2 aliphatic rings. The minimum absolute atomic E-state index is 0.162. The van der Waals surface area contributed by atoms with Crippen molar-refractivity contribution in [1.82, 2.24) is 14.7 Å². The third kappa shape index (κ3) is 3.47. The van der Waals surface area contributed by atoms with Crippen LogP contribution in [0.15, 0.2) is 30.5 Å². The van der Waals surface area contributed by atoms with Gasteiger partial charge in [-0.15, -0.1) is 0 Å². The van der Waals surface area contributed by atoms with Crippen molar-refractivity contribution in [2.45, 2.75) is 50.9 Å². The number of hydrogen-bond donors (Lipinski definition) is 1. The number of carbonyl (C=O) groups is 1. The van der Waals surface area contributed by atoms with E-state index in [0.29, 0.717) is 13.1 Å². The Balaban J connectivity index is 1.70. The van der Waals surface area contributed by atoms with Crippen molar-refractivity contribution in [2.24, 2.45) is 0 Å². The number of hydrogen-bond acceptors (Lipinski definition) is 3. The predicted molar refractivity (Wildman–Crippen MR) is 99.2 cm³/mol. The van der Waals surface area contributed by atoms with Gasteiger partial charge in [0, 0.05) is 19.5 Å². The van der Waals surface area contributed by atoms with E-state index in [0.717, 1.165) is 35.1 Å². The van der Waals surface area contributed by atoms with Crippen LogP contribution in [0, 0.1) is 6.92 Å². The van der Waals surface area contributed by atoms with Crippen LogP contribution < -0.4 is 5.32 Å². The highest BCUT2D eigenvalue weighted by Gasteiger charge is 2.47. The molecule has 150 valence electrons. The summed E-state index contributed by atoms with van der Waals surface area (Å²) in [6.07, 6.45) is -0.440. The zero-order valence-electron chi connectivity index (χ0n) is 15.7. The summed E-state index contributed by atoms with van der Waals surface area (Å²) in [4.78, 5) is 14.6. The molecule has 1 aromatic carbocycles. The number of halogens is 3. The molecule has 1 N–H and O–H groups in total. The molecule has 2 aromatic rings. The molecule has 3 heterocycles. The molecule has 5 nitrogen and oxygen atoms in total. The molecule has 1 aromatic heterocycles. The van der Waals surface area contributed by atoms with Crippen LogP contribution >= 0.6 is 0 Å². The van der Waals surface area contributed by atoms with Gasteiger partial charge < -0.3 is 10.2 Å². The van der Waals surface area contributed by atoms with Crippen LogP contribution in [0.5, 0.6) is 0 Å². The molecule has 0 radical (unpaired) electrons. The van der Waals surface area contributed by atoms with Crippen LogP contribution in [0.3, 0.4) is 0 Å². The van der Waals surface area contributed by atoms with Crippen molar-refractivity contribution in [1.29, 1.82) is 0 Å². The number of nitrogens with zero attached hydrogens (tertiary/aromatic N) is 3. The second-order valence-electron chi connectivity index (χ2n) is 7.61. The predicted octanol–water partition coefficient (Wildman–Crippen LogP) is 4.48. The SMILES string of the molecule is Cc1ccc([C@@H]2C[C@@H](C(F)(F)F)n3ncc(C(=O)N4CCCCC4)c3N2)cc1. The van der Waals surface area contributed by atoms with E-state index in [4.69, 9.17) is 0 Å². The fraction of sp³-hybridized carbons (Fsp3) is 0.500. The average Bonchev–Trinajstić information content (AvgIpc) is 3.11. The maximum Gasteiger partial charge on any atom is 0.410 e. The molecule has 1 amide bonds. The number of carbonyl (C=O) groups excluding carboxylic acids is 1. The van der Waals surface area contributed by atoms with Gasteiger partial charge in [-0.1, -0.05) is 29.8 Å². The van der Waals surface area contributed by atoms with Crippen LogP contribution in [0.2, 0.25) is 0 Å². The molecular weight excluding hydrogens is 369 g/mol. The zero-order chi connectivity index (χ0) is 19.9. The lowest BCUT2D eigenvalue weighted by molar-refractivity contribution is -0.173. The Kier molecular flexibility index (Phi) is 4.81. The number of nitrogens with one attached hydrogen (secondary N) is 1. The first kappa shape index (κ1) is 18.8. The monoisotopic (exact) mass is 392 g/mol. The minimum atomic E-state index is -4.45.